The summed E-state index contributed by atoms with van der Waals surface area (Å²) < 4.78 is 81.7. The molecule has 5 nitrogen and oxygen atoms in total. The van der Waals surface area contributed by atoms with Gasteiger partial charge in [0.2, 0.25) is 5.95 Å². The smallest absolute Gasteiger partial charge is 0.405 e. The predicted octanol–water partition coefficient (Wildman–Crippen LogP) is 6.00. The molecule has 0 spiro atoms. The van der Waals surface area contributed by atoms with Crippen molar-refractivity contribution < 1.29 is 31.1 Å². The summed E-state index contributed by atoms with van der Waals surface area (Å²) in [7, 11) is 0. The van der Waals surface area contributed by atoms with E-state index in [1.165, 1.54) is 18.2 Å². The number of hydrogen-bond donors (Lipinski definition) is 2. The minimum atomic E-state index is -4.86. The zero-order chi connectivity index (χ0) is 22.5. The van der Waals surface area contributed by atoms with Crippen LogP contribution in [0.5, 0.6) is 5.75 Å². The SMILES string of the molecule is FC(F)(F)Oc1ccccc1CNc1ncc(C(F)(F)F)c(NCC2CCCCC2)n1. The summed E-state index contributed by atoms with van der Waals surface area (Å²) >= 11 is 0. The highest BCUT2D eigenvalue weighted by molar-refractivity contribution is 5.49. The summed E-state index contributed by atoms with van der Waals surface area (Å²) in [5.74, 6) is -0.631. The number of aromatic nitrogens is 2. The number of para-hydroxylation sites is 1. The fourth-order valence-electron chi connectivity index (χ4n) is 3.49. The number of anilines is 2. The van der Waals surface area contributed by atoms with Crippen molar-refractivity contribution in [3.05, 3.63) is 41.6 Å². The molecule has 11 heteroatoms. The first-order valence-corrected chi connectivity index (χ1v) is 9.87. The Morgan fingerprint density at radius 1 is 0.968 bits per heavy atom. The molecule has 0 radical (unpaired) electrons. The van der Waals surface area contributed by atoms with Gasteiger partial charge < -0.3 is 15.4 Å². The van der Waals surface area contributed by atoms with Crippen molar-refractivity contribution in [1.82, 2.24) is 9.97 Å². The Kier molecular flexibility index (Phi) is 7.11. The van der Waals surface area contributed by atoms with Crippen molar-refractivity contribution in [2.45, 2.75) is 51.2 Å². The zero-order valence-electron chi connectivity index (χ0n) is 16.5. The van der Waals surface area contributed by atoms with E-state index in [0.29, 0.717) is 12.7 Å². The second-order valence-electron chi connectivity index (χ2n) is 7.35. The molecule has 0 amide bonds. The first kappa shape index (κ1) is 23.0. The van der Waals surface area contributed by atoms with Gasteiger partial charge in [-0.3, -0.25) is 0 Å². The number of nitrogens with one attached hydrogen (secondary N) is 2. The maximum atomic E-state index is 13.3. The monoisotopic (exact) mass is 448 g/mol. The van der Waals surface area contributed by atoms with E-state index in [4.69, 9.17) is 0 Å². The molecular formula is C20H22F6N4O. The molecule has 31 heavy (non-hydrogen) atoms. The van der Waals surface area contributed by atoms with Gasteiger partial charge in [0, 0.05) is 24.8 Å². The van der Waals surface area contributed by atoms with Crippen LogP contribution in [0.2, 0.25) is 0 Å². The lowest BCUT2D eigenvalue weighted by Gasteiger charge is -2.23. The van der Waals surface area contributed by atoms with E-state index in [1.807, 2.05) is 0 Å². The fourth-order valence-corrected chi connectivity index (χ4v) is 3.49. The minimum Gasteiger partial charge on any atom is -0.405 e. The van der Waals surface area contributed by atoms with E-state index in [1.54, 1.807) is 0 Å². The predicted molar refractivity (Wildman–Crippen MR) is 103 cm³/mol. The Labute approximate surface area is 175 Å². The number of ether oxygens (including phenoxy) is 1. The molecular weight excluding hydrogens is 426 g/mol. The normalized spacial score (nSPS) is 15.5. The molecule has 1 aliphatic carbocycles. The van der Waals surface area contributed by atoms with Crippen LogP contribution in [0.25, 0.3) is 0 Å². The third-order valence-corrected chi connectivity index (χ3v) is 5.01. The number of nitrogens with zero attached hydrogens (tertiary/aromatic N) is 2. The number of rotatable bonds is 7. The molecule has 0 atom stereocenters. The van der Waals surface area contributed by atoms with Crippen molar-refractivity contribution >= 4 is 11.8 Å². The van der Waals surface area contributed by atoms with Gasteiger partial charge in [-0.15, -0.1) is 13.2 Å². The van der Waals surface area contributed by atoms with E-state index >= 15 is 0 Å². The van der Waals surface area contributed by atoms with Crippen LogP contribution in [-0.2, 0) is 12.7 Å². The van der Waals surface area contributed by atoms with E-state index < -0.39 is 23.9 Å². The van der Waals surface area contributed by atoms with Gasteiger partial charge in [0.25, 0.3) is 0 Å². The van der Waals surface area contributed by atoms with Gasteiger partial charge >= 0.3 is 12.5 Å². The second-order valence-corrected chi connectivity index (χ2v) is 7.35. The van der Waals surface area contributed by atoms with Crippen LogP contribution < -0.4 is 15.4 Å². The summed E-state index contributed by atoms with van der Waals surface area (Å²) in [6.45, 7) is 0.196. The number of hydrogen-bond acceptors (Lipinski definition) is 5. The number of halogens is 6. The molecule has 170 valence electrons. The first-order chi connectivity index (χ1) is 14.6. The highest BCUT2D eigenvalue weighted by Gasteiger charge is 2.35. The number of benzene rings is 1. The standard InChI is InChI=1S/C20H22F6N4O/c21-19(22,23)15-12-29-18(30-17(15)27-10-13-6-2-1-3-7-13)28-11-14-8-4-5-9-16(14)31-20(24,25)26/h4-5,8-9,12-13H,1-3,6-7,10-11H2,(H2,27,28,29,30). The Morgan fingerprint density at radius 3 is 2.35 bits per heavy atom. The molecule has 0 bridgehead atoms. The van der Waals surface area contributed by atoms with Gasteiger partial charge in [-0.1, -0.05) is 37.5 Å². The summed E-state index contributed by atoms with van der Waals surface area (Å²) in [6.07, 6.45) is -3.72. The van der Waals surface area contributed by atoms with Gasteiger partial charge in [-0.05, 0) is 24.8 Å². The van der Waals surface area contributed by atoms with Crippen molar-refractivity contribution in [3.8, 4) is 5.75 Å². The summed E-state index contributed by atoms with van der Waals surface area (Å²) in [6, 6.07) is 5.45. The Hall–Kier alpha value is -2.72. The highest BCUT2D eigenvalue weighted by Crippen LogP contribution is 2.34. The van der Waals surface area contributed by atoms with Crippen molar-refractivity contribution in [2.24, 2.45) is 5.92 Å². The molecule has 1 aliphatic rings. The van der Waals surface area contributed by atoms with Crippen LogP contribution in [-0.4, -0.2) is 22.9 Å². The molecule has 0 aliphatic heterocycles. The zero-order valence-corrected chi connectivity index (χ0v) is 16.5. The fraction of sp³-hybridized carbons (Fsp3) is 0.500. The minimum absolute atomic E-state index is 0.138. The Balaban J connectivity index is 1.73. The first-order valence-electron chi connectivity index (χ1n) is 9.87. The van der Waals surface area contributed by atoms with Crippen LogP contribution in [0.4, 0.5) is 38.1 Å². The molecule has 2 N–H and O–H groups in total. The quantitative estimate of drug-likeness (QED) is 0.509. The molecule has 3 rings (SSSR count). The van der Waals surface area contributed by atoms with Gasteiger partial charge in [0.15, 0.2) is 0 Å². The topological polar surface area (TPSA) is 59.1 Å². The summed E-state index contributed by atoms with van der Waals surface area (Å²) in [5.41, 5.74) is -0.838. The lowest BCUT2D eigenvalue weighted by atomic mass is 9.89. The third-order valence-electron chi connectivity index (χ3n) is 5.01. The molecule has 1 fully saturated rings. The van der Waals surface area contributed by atoms with Crippen LogP contribution in [0.3, 0.4) is 0 Å². The lowest BCUT2D eigenvalue weighted by molar-refractivity contribution is -0.274. The van der Waals surface area contributed by atoms with Crippen LogP contribution >= 0.6 is 0 Å². The average Bonchev–Trinajstić information content (AvgIpc) is 2.70. The second kappa shape index (κ2) is 9.61. The Bertz CT molecular complexity index is 865. The molecule has 2 aromatic rings. The lowest BCUT2D eigenvalue weighted by Crippen LogP contribution is -2.21. The van der Waals surface area contributed by atoms with Crippen LogP contribution in [0, 0.1) is 5.92 Å². The maximum absolute atomic E-state index is 13.3. The number of alkyl halides is 6. The van der Waals surface area contributed by atoms with Crippen LogP contribution in [0.15, 0.2) is 30.5 Å². The van der Waals surface area contributed by atoms with Crippen molar-refractivity contribution in [1.29, 1.82) is 0 Å². The molecule has 0 saturated heterocycles. The van der Waals surface area contributed by atoms with E-state index in [0.717, 1.165) is 38.2 Å². The molecule has 1 heterocycles. The van der Waals surface area contributed by atoms with Gasteiger partial charge in [0.05, 0.1) is 0 Å². The maximum Gasteiger partial charge on any atom is 0.573 e. The van der Waals surface area contributed by atoms with Gasteiger partial charge in [-0.25, -0.2) is 4.98 Å². The average molecular weight is 448 g/mol. The third kappa shape index (κ3) is 6.90. The summed E-state index contributed by atoms with van der Waals surface area (Å²) in [5, 5.41) is 5.45. The van der Waals surface area contributed by atoms with E-state index in [9.17, 15) is 26.3 Å². The molecule has 1 saturated carbocycles. The highest BCUT2D eigenvalue weighted by atomic mass is 19.4. The van der Waals surface area contributed by atoms with Crippen molar-refractivity contribution in [2.75, 3.05) is 17.2 Å². The molecule has 1 aromatic heterocycles. The summed E-state index contributed by atoms with van der Waals surface area (Å²) in [4.78, 5) is 7.60. The Morgan fingerprint density at radius 2 is 1.68 bits per heavy atom. The molecule has 0 unspecified atom stereocenters. The van der Waals surface area contributed by atoms with E-state index in [-0.39, 0.29) is 29.8 Å². The van der Waals surface area contributed by atoms with Gasteiger partial charge in [0.1, 0.15) is 17.1 Å². The van der Waals surface area contributed by atoms with E-state index in [2.05, 4.69) is 25.3 Å². The molecule has 1 aromatic carbocycles. The van der Waals surface area contributed by atoms with Crippen molar-refractivity contribution in [3.63, 3.8) is 0 Å². The van der Waals surface area contributed by atoms with Crippen LogP contribution in [0.1, 0.15) is 43.2 Å². The largest absolute Gasteiger partial charge is 0.573 e. The van der Waals surface area contributed by atoms with Gasteiger partial charge in [-0.2, -0.15) is 18.2 Å².